The van der Waals surface area contributed by atoms with Crippen LogP contribution >= 0.6 is 0 Å². The highest BCUT2D eigenvalue weighted by Crippen LogP contribution is 2.16. The van der Waals surface area contributed by atoms with Crippen molar-refractivity contribution in [2.24, 2.45) is 0 Å². The van der Waals surface area contributed by atoms with Gasteiger partial charge in [0.25, 0.3) is 0 Å². The predicted octanol–water partition coefficient (Wildman–Crippen LogP) is 0.789. The van der Waals surface area contributed by atoms with Crippen LogP contribution in [0.15, 0.2) is 10.9 Å². The lowest BCUT2D eigenvalue weighted by atomic mass is 10.2. The van der Waals surface area contributed by atoms with Crippen molar-refractivity contribution in [1.82, 2.24) is 9.47 Å². The summed E-state index contributed by atoms with van der Waals surface area (Å²) in [6, 6.07) is 1.40. The Morgan fingerprint density at radius 2 is 2.11 bits per heavy atom. The standard InChI is InChI=1S/C13H20N2O4/c1-4-15-9(2)7-11(16)13(19)10(15)8-14(3)6-5-12(17)18/h7,19H,4-6,8H2,1-3H3,(H,17,18). The van der Waals surface area contributed by atoms with Gasteiger partial charge in [0.1, 0.15) is 0 Å². The second-order valence-corrected chi connectivity index (χ2v) is 4.57. The molecule has 0 saturated carbocycles. The summed E-state index contributed by atoms with van der Waals surface area (Å²) in [6.45, 7) is 5.08. The summed E-state index contributed by atoms with van der Waals surface area (Å²) in [5.74, 6) is -1.12. The zero-order chi connectivity index (χ0) is 14.6. The van der Waals surface area contributed by atoms with Crippen LogP contribution in [-0.2, 0) is 17.9 Å². The molecule has 1 aromatic heterocycles. The summed E-state index contributed by atoms with van der Waals surface area (Å²) in [7, 11) is 1.76. The van der Waals surface area contributed by atoms with E-state index in [9.17, 15) is 14.7 Å². The maximum Gasteiger partial charge on any atom is 0.304 e. The molecule has 0 unspecified atom stereocenters. The average molecular weight is 268 g/mol. The van der Waals surface area contributed by atoms with Gasteiger partial charge >= 0.3 is 5.97 Å². The quantitative estimate of drug-likeness (QED) is 0.797. The minimum Gasteiger partial charge on any atom is -0.503 e. The highest BCUT2D eigenvalue weighted by atomic mass is 16.4. The second-order valence-electron chi connectivity index (χ2n) is 4.57. The Bertz CT molecular complexity index is 522. The van der Waals surface area contributed by atoms with E-state index in [0.717, 1.165) is 5.69 Å². The lowest BCUT2D eigenvalue weighted by Gasteiger charge is -2.21. The van der Waals surface area contributed by atoms with E-state index in [0.29, 0.717) is 25.3 Å². The number of hydrogen-bond acceptors (Lipinski definition) is 4. The first-order valence-corrected chi connectivity index (χ1v) is 6.19. The van der Waals surface area contributed by atoms with E-state index >= 15 is 0 Å². The Labute approximate surface area is 111 Å². The maximum absolute atomic E-state index is 11.6. The monoisotopic (exact) mass is 268 g/mol. The van der Waals surface area contributed by atoms with Crippen LogP contribution in [0.25, 0.3) is 0 Å². The molecule has 6 nitrogen and oxygen atoms in total. The summed E-state index contributed by atoms with van der Waals surface area (Å²) in [4.78, 5) is 23.9. The van der Waals surface area contributed by atoms with E-state index in [4.69, 9.17) is 5.11 Å². The van der Waals surface area contributed by atoms with Crippen molar-refractivity contribution in [1.29, 1.82) is 0 Å². The summed E-state index contributed by atoms with van der Waals surface area (Å²) in [6.07, 6.45) is 0.0272. The molecular formula is C13H20N2O4. The van der Waals surface area contributed by atoms with Gasteiger partial charge in [0.05, 0.1) is 12.1 Å². The molecule has 1 rings (SSSR count). The molecular weight excluding hydrogens is 248 g/mol. The van der Waals surface area contributed by atoms with E-state index in [1.807, 2.05) is 18.4 Å². The smallest absolute Gasteiger partial charge is 0.304 e. The Morgan fingerprint density at radius 3 is 2.63 bits per heavy atom. The van der Waals surface area contributed by atoms with Gasteiger partial charge < -0.3 is 14.8 Å². The van der Waals surface area contributed by atoms with Crippen LogP contribution in [0, 0.1) is 6.92 Å². The van der Waals surface area contributed by atoms with Crippen molar-refractivity contribution >= 4 is 5.97 Å². The van der Waals surface area contributed by atoms with E-state index in [1.54, 1.807) is 11.9 Å². The number of carboxylic acids is 1. The minimum absolute atomic E-state index is 0.0272. The van der Waals surface area contributed by atoms with Crippen molar-refractivity contribution < 1.29 is 15.0 Å². The molecule has 106 valence electrons. The van der Waals surface area contributed by atoms with Gasteiger partial charge in [0, 0.05) is 31.4 Å². The number of rotatable bonds is 6. The SMILES string of the molecule is CCn1c(C)cc(=O)c(O)c1CN(C)CCC(=O)O. The number of hydrogen-bond donors (Lipinski definition) is 2. The third-order valence-corrected chi connectivity index (χ3v) is 3.04. The first-order chi connectivity index (χ1) is 8.86. The summed E-state index contributed by atoms with van der Waals surface area (Å²) >= 11 is 0. The Hall–Kier alpha value is -1.82. The van der Waals surface area contributed by atoms with E-state index in [2.05, 4.69) is 0 Å². The summed E-state index contributed by atoms with van der Waals surface area (Å²) in [5.41, 5.74) is 0.913. The van der Waals surface area contributed by atoms with Gasteiger partial charge in [0.15, 0.2) is 5.75 Å². The molecule has 1 heterocycles. The molecule has 0 saturated heterocycles. The highest BCUT2D eigenvalue weighted by Gasteiger charge is 2.14. The number of aliphatic carboxylic acids is 1. The zero-order valence-electron chi connectivity index (χ0n) is 11.5. The Balaban J connectivity index is 2.99. The molecule has 0 radical (unpaired) electrons. The zero-order valence-corrected chi connectivity index (χ0v) is 11.5. The van der Waals surface area contributed by atoms with E-state index < -0.39 is 11.4 Å². The molecule has 0 spiro atoms. The molecule has 0 bridgehead atoms. The molecule has 6 heteroatoms. The molecule has 0 aliphatic carbocycles. The van der Waals surface area contributed by atoms with Crippen molar-refractivity contribution in [2.45, 2.75) is 33.4 Å². The topological polar surface area (TPSA) is 82.8 Å². The Morgan fingerprint density at radius 1 is 1.47 bits per heavy atom. The van der Waals surface area contributed by atoms with Crippen molar-refractivity contribution in [3.63, 3.8) is 0 Å². The maximum atomic E-state index is 11.6. The normalized spacial score (nSPS) is 10.9. The summed E-state index contributed by atoms with van der Waals surface area (Å²) in [5, 5.41) is 18.5. The van der Waals surface area contributed by atoms with Crippen LogP contribution < -0.4 is 5.43 Å². The summed E-state index contributed by atoms with van der Waals surface area (Å²) < 4.78 is 1.86. The van der Waals surface area contributed by atoms with Gasteiger partial charge in [-0.3, -0.25) is 14.5 Å². The van der Waals surface area contributed by atoms with Crippen molar-refractivity contribution in [3.05, 3.63) is 27.7 Å². The van der Waals surface area contributed by atoms with Crippen LogP contribution in [-0.4, -0.2) is 39.2 Å². The fraction of sp³-hybridized carbons (Fsp3) is 0.538. The second kappa shape index (κ2) is 6.38. The lowest BCUT2D eigenvalue weighted by molar-refractivity contribution is -0.137. The van der Waals surface area contributed by atoms with Gasteiger partial charge in [-0.2, -0.15) is 0 Å². The molecule has 0 aromatic carbocycles. The molecule has 19 heavy (non-hydrogen) atoms. The molecule has 0 aliphatic heterocycles. The first kappa shape index (κ1) is 15.2. The van der Waals surface area contributed by atoms with Gasteiger partial charge in [-0.05, 0) is 20.9 Å². The first-order valence-electron chi connectivity index (χ1n) is 6.19. The van der Waals surface area contributed by atoms with Gasteiger partial charge in [0.2, 0.25) is 5.43 Å². The van der Waals surface area contributed by atoms with Crippen LogP contribution in [0.4, 0.5) is 0 Å². The van der Waals surface area contributed by atoms with Crippen LogP contribution in [0.5, 0.6) is 5.75 Å². The van der Waals surface area contributed by atoms with Gasteiger partial charge in [-0.25, -0.2) is 0 Å². The van der Waals surface area contributed by atoms with Gasteiger partial charge in [-0.15, -0.1) is 0 Å². The number of aryl methyl sites for hydroxylation is 1. The highest BCUT2D eigenvalue weighted by molar-refractivity contribution is 5.66. The van der Waals surface area contributed by atoms with Crippen molar-refractivity contribution in [2.75, 3.05) is 13.6 Å². The largest absolute Gasteiger partial charge is 0.503 e. The number of carbonyl (C=O) groups is 1. The molecule has 0 atom stereocenters. The average Bonchev–Trinajstić information content (AvgIpc) is 2.33. The number of aromatic hydroxyl groups is 1. The lowest BCUT2D eigenvalue weighted by Crippen LogP contribution is -2.26. The van der Waals surface area contributed by atoms with Crippen LogP contribution in [0.1, 0.15) is 24.7 Å². The fourth-order valence-electron chi connectivity index (χ4n) is 2.04. The molecule has 0 fully saturated rings. The van der Waals surface area contributed by atoms with E-state index in [-0.39, 0.29) is 12.2 Å². The van der Waals surface area contributed by atoms with Crippen LogP contribution in [0.3, 0.4) is 0 Å². The number of pyridine rings is 1. The predicted molar refractivity (Wildman–Crippen MR) is 71.4 cm³/mol. The number of nitrogens with zero attached hydrogens (tertiary/aromatic N) is 2. The van der Waals surface area contributed by atoms with Crippen LogP contribution in [0.2, 0.25) is 0 Å². The number of aromatic nitrogens is 1. The molecule has 1 aromatic rings. The fourth-order valence-corrected chi connectivity index (χ4v) is 2.04. The van der Waals surface area contributed by atoms with Gasteiger partial charge in [-0.1, -0.05) is 0 Å². The minimum atomic E-state index is -0.867. The van der Waals surface area contributed by atoms with E-state index in [1.165, 1.54) is 6.07 Å². The third-order valence-electron chi connectivity index (χ3n) is 3.04. The third kappa shape index (κ3) is 3.82. The Kier molecular flexibility index (Phi) is 5.11. The van der Waals surface area contributed by atoms with Crippen molar-refractivity contribution in [3.8, 4) is 5.75 Å². The molecule has 0 amide bonds. The number of carboxylic acid groups (broad SMARTS) is 1. The molecule has 2 N–H and O–H groups in total. The molecule has 0 aliphatic rings.